The predicted molar refractivity (Wildman–Crippen MR) is 59.4 cm³/mol. The van der Waals surface area contributed by atoms with Crippen LogP contribution in [-0.4, -0.2) is 35.1 Å². The minimum atomic E-state index is 0. The third kappa shape index (κ3) is 115. The largest absolute Gasteiger partial charge is 0.396 e. The molecule has 0 rings (SSSR count). The Morgan fingerprint density at radius 1 is 0.643 bits per heavy atom. The SMILES string of the molecule is CCCO.CCCO.CCCO.Cl.[Zr]. The summed E-state index contributed by atoms with van der Waals surface area (Å²) < 4.78 is 0. The topological polar surface area (TPSA) is 60.7 Å². The van der Waals surface area contributed by atoms with Gasteiger partial charge in [0.25, 0.3) is 0 Å². The van der Waals surface area contributed by atoms with Gasteiger partial charge in [-0.3, -0.25) is 0 Å². The maximum Gasteiger partial charge on any atom is 0.0428 e. The van der Waals surface area contributed by atoms with Crippen LogP contribution in [0.5, 0.6) is 0 Å². The molecule has 0 atom stereocenters. The van der Waals surface area contributed by atoms with E-state index in [0.29, 0.717) is 19.8 Å². The standard InChI is InChI=1S/3C3H8O.ClH.Zr/c3*1-2-3-4;;/h3*4H,2-3H2,1H3;1H;. The van der Waals surface area contributed by atoms with Crippen molar-refractivity contribution in [2.75, 3.05) is 19.8 Å². The number of rotatable bonds is 3. The van der Waals surface area contributed by atoms with Crippen LogP contribution in [0.2, 0.25) is 0 Å². The molecule has 3 N–H and O–H groups in total. The number of halogens is 1. The molecular formula is C9H25ClO3Zr. The molecule has 0 heterocycles. The molecule has 0 aliphatic rings. The van der Waals surface area contributed by atoms with Crippen molar-refractivity contribution in [3.05, 3.63) is 0 Å². The molecule has 0 unspecified atom stereocenters. The van der Waals surface area contributed by atoms with Gasteiger partial charge in [0.05, 0.1) is 0 Å². The zero-order chi connectivity index (χ0) is 10.2. The molecule has 0 aliphatic heterocycles. The monoisotopic (exact) mass is 306 g/mol. The second kappa shape index (κ2) is 48.1. The van der Waals surface area contributed by atoms with Crippen molar-refractivity contribution in [1.29, 1.82) is 0 Å². The Labute approximate surface area is 113 Å². The van der Waals surface area contributed by atoms with Crippen molar-refractivity contribution in [3.8, 4) is 0 Å². The zero-order valence-electron chi connectivity index (χ0n) is 9.49. The molecule has 0 bridgehead atoms. The average molecular weight is 308 g/mol. The van der Waals surface area contributed by atoms with E-state index in [9.17, 15) is 0 Å². The van der Waals surface area contributed by atoms with Gasteiger partial charge in [-0.1, -0.05) is 20.8 Å². The first-order chi connectivity index (χ1) is 5.74. The summed E-state index contributed by atoms with van der Waals surface area (Å²) in [6, 6.07) is 0. The average Bonchev–Trinajstić information content (AvgIpc) is 2.18. The van der Waals surface area contributed by atoms with Gasteiger partial charge in [-0.2, -0.15) is 0 Å². The summed E-state index contributed by atoms with van der Waals surface area (Å²) in [7, 11) is 0. The van der Waals surface area contributed by atoms with Gasteiger partial charge in [-0.05, 0) is 19.3 Å². The maximum atomic E-state index is 7.88. The third-order valence-electron chi connectivity index (χ3n) is 0.671. The van der Waals surface area contributed by atoms with E-state index in [1.165, 1.54) is 0 Å². The maximum absolute atomic E-state index is 7.88. The molecule has 14 heavy (non-hydrogen) atoms. The minimum Gasteiger partial charge on any atom is -0.396 e. The Hall–Kier alpha value is 1.05. The smallest absolute Gasteiger partial charge is 0.0428 e. The van der Waals surface area contributed by atoms with Gasteiger partial charge < -0.3 is 15.3 Å². The summed E-state index contributed by atoms with van der Waals surface area (Å²) in [5.41, 5.74) is 0. The van der Waals surface area contributed by atoms with Gasteiger partial charge in [0, 0.05) is 46.0 Å². The summed E-state index contributed by atoms with van der Waals surface area (Å²) in [6.45, 7) is 6.75. The molecule has 3 nitrogen and oxygen atoms in total. The molecule has 0 aliphatic carbocycles. The number of aliphatic hydroxyl groups is 3. The van der Waals surface area contributed by atoms with Crippen molar-refractivity contribution in [3.63, 3.8) is 0 Å². The number of aliphatic hydroxyl groups excluding tert-OH is 3. The van der Waals surface area contributed by atoms with Crippen LogP contribution >= 0.6 is 12.4 Å². The van der Waals surface area contributed by atoms with Crippen LogP contribution in [0, 0.1) is 0 Å². The van der Waals surface area contributed by atoms with Gasteiger partial charge in [0.2, 0.25) is 0 Å². The molecular weight excluding hydrogens is 283 g/mol. The predicted octanol–water partition coefficient (Wildman–Crippen LogP) is 1.59. The van der Waals surface area contributed by atoms with Crippen LogP contribution in [0.4, 0.5) is 0 Å². The summed E-state index contributed by atoms with van der Waals surface area (Å²) in [5.74, 6) is 0. The van der Waals surface area contributed by atoms with Crippen molar-refractivity contribution in [2.45, 2.75) is 40.0 Å². The van der Waals surface area contributed by atoms with Gasteiger partial charge in [-0.25, -0.2) is 0 Å². The molecule has 0 saturated carbocycles. The fraction of sp³-hybridized carbons (Fsp3) is 1.00. The molecule has 0 spiro atoms. The molecule has 0 radical (unpaired) electrons. The van der Waals surface area contributed by atoms with Crippen LogP contribution in [0.3, 0.4) is 0 Å². The van der Waals surface area contributed by atoms with E-state index in [0.717, 1.165) is 19.3 Å². The molecule has 0 saturated heterocycles. The summed E-state index contributed by atoms with van der Waals surface area (Å²) in [4.78, 5) is 0. The van der Waals surface area contributed by atoms with E-state index < -0.39 is 0 Å². The second-order valence-corrected chi connectivity index (χ2v) is 2.17. The van der Waals surface area contributed by atoms with E-state index >= 15 is 0 Å². The Balaban J connectivity index is -0.0000000270. The van der Waals surface area contributed by atoms with Crippen LogP contribution in [0.15, 0.2) is 0 Å². The van der Waals surface area contributed by atoms with Crippen LogP contribution in [0.1, 0.15) is 40.0 Å². The molecule has 0 aromatic rings. The Morgan fingerprint density at radius 2 is 0.714 bits per heavy atom. The second-order valence-electron chi connectivity index (χ2n) is 2.17. The minimum absolute atomic E-state index is 0. The van der Waals surface area contributed by atoms with E-state index in [2.05, 4.69) is 0 Å². The van der Waals surface area contributed by atoms with E-state index in [4.69, 9.17) is 15.3 Å². The first kappa shape index (κ1) is 29.4. The molecule has 5 heteroatoms. The van der Waals surface area contributed by atoms with Crippen molar-refractivity contribution >= 4 is 12.4 Å². The zero-order valence-corrected chi connectivity index (χ0v) is 12.8. The summed E-state index contributed by atoms with van der Waals surface area (Å²) in [5, 5.41) is 23.6. The first-order valence-electron chi connectivity index (χ1n) is 4.57. The number of hydrogen-bond acceptors (Lipinski definition) is 3. The first-order valence-corrected chi connectivity index (χ1v) is 4.57. The molecule has 90 valence electrons. The fourth-order valence-corrected chi connectivity index (χ4v) is 0. The van der Waals surface area contributed by atoms with Gasteiger partial charge in [0.15, 0.2) is 0 Å². The molecule has 0 aromatic heterocycles. The van der Waals surface area contributed by atoms with Crippen LogP contribution in [0.25, 0.3) is 0 Å². The van der Waals surface area contributed by atoms with Crippen LogP contribution < -0.4 is 0 Å². The van der Waals surface area contributed by atoms with E-state index in [-0.39, 0.29) is 38.6 Å². The quantitative estimate of drug-likeness (QED) is 0.742. The van der Waals surface area contributed by atoms with Crippen molar-refractivity contribution in [2.24, 2.45) is 0 Å². The molecule has 0 fully saturated rings. The Bertz CT molecular complexity index is 35.5. The Morgan fingerprint density at radius 3 is 0.714 bits per heavy atom. The number of hydrogen-bond donors (Lipinski definition) is 3. The van der Waals surface area contributed by atoms with E-state index in [1.807, 2.05) is 20.8 Å². The normalized spacial score (nSPS) is 6.43. The fourth-order valence-electron chi connectivity index (χ4n) is 0. The van der Waals surface area contributed by atoms with E-state index in [1.54, 1.807) is 0 Å². The van der Waals surface area contributed by atoms with Gasteiger partial charge >= 0.3 is 0 Å². The van der Waals surface area contributed by atoms with Crippen LogP contribution in [-0.2, 0) is 26.2 Å². The summed E-state index contributed by atoms with van der Waals surface area (Å²) >= 11 is 0. The van der Waals surface area contributed by atoms with Gasteiger partial charge in [0.1, 0.15) is 0 Å². The molecule has 0 aromatic carbocycles. The molecule has 0 amide bonds. The third-order valence-corrected chi connectivity index (χ3v) is 0.671. The Kier molecular flexibility index (Phi) is 101. The van der Waals surface area contributed by atoms with Gasteiger partial charge in [-0.15, -0.1) is 12.4 Å². The van der Waals surface area contributed by atoms with Crippen molar-refractivity contribution < 1.29 is 41.5 Å². The summed E-state index contributed by atoms with van der Waals surface area (Å²) in [6.07, 6.45) is 2.62. The van der Waals surface area contributed by atoms with Crippen molar-refractivity contribution in [1.82, 2.24) is 0 Å².